The molecule has 3 nitrogen and oxygen atoms in total. The fraction of sp³-hybridized carbons (Fsp3) is 0.148. The SMILES string of the molecule is C/C(=N\OCc1ccc(C(F)(F)F)cc1)c1cc(-c2ccc(F)cc2)n(-c2ccccc2)c1C. The van der Waals surface area contributed by atoms with Crippen LogP contribution in [0.2, 0.25) is 0 Å². The van der Waals surface area contributed by atoms with Crippen LogP contribution in [-0.4, -0.2) is 10.3 Å². The highest BCUT2D eigenvalue weighted by Crippen LogP contribution is 2.31. The number of aromatic nitrogens is 1. The molecule has 4 rings (SSSR count). The Kier molecular flexibility index (Phi) is 6.54. The number of hydrogen-bond acceptors (Lipinski definition) is 2. The zero-order chi connectivity index (χ0) is 24.3. The predicted octanol–water partition coefficient (Wildman–Crippen LogP) is 7.55. The second kappa shape index (κ2) is 9.55. The minimum absolute atomic E-state index is 0.0404. The molecule has 1 heterocycles. The molecule has 0 bridgehead atoms. The maximum absolute atomic E-state index is 13.5. The van der Waals surface area contributed by atoms with Crippen molar-refractivity contribution in [3.8, 4) is 16.9 Å². The van der Waals surface area contributed by atoms with Gasteiger partial charge in [-0.15, -0.1) is 0 Å². The first-order valence-corrected chi connectivity index (χ1v) is 10.6. The van der Waals surface area contributed by atoms with E-state index in [2.05, 4.69) is 9.72 Å². The van der Waals surface area contributed by atoms with Crippen LogP contribution in [0.4, 0.5) is 17.6 Å². The van der Waals surface area contributed by atoms with E-state index in [-0.39, 0.29) is 12.4 Å². The number of hydrogen-bond donors (Lipinski definition) is 0. The molecule has 0 aliphatic heterocycles. The third-order valence-electron chi connectivity index (χ3n) is 5.51. The predicted molar refractivity (Wildman–Crippen MR) is 124 cm³/mol. The molecule has 3 aromatic carbocycles. The Hall–Kier alpha value is -3.87. The fourth-order valence-corrected chi connectivity index (χ4v) is 3.76. The summed E-state index contributed by atoms with van der Waals surface area (Å²) in [5.74, 6) is -0.312. The average Bonchev–Trinajstić information content (AvgIpc) is 3.17. The second-order valence-corrected chi connectivity index (χ2v) is 7.85. The Balaban J connectivity index is 1.62. The molecule has 0 N–H and O–H groups in total. The summed E-state index contributed by atoms with van der Waals surface area (Å²) >= 11 is 0. The van der Waals surface area contributed by atoms with Gasteiger partial charge in [0.2, 0.25) is 0 Å². The zero-order valence-electron chi connectivity index (χ0n) is 18.6. The monoisotopic (exact) mass is 466 g/mol. The van der Waals surface area contributed by atoms with Gasteiger partial charge < -0.3 is 9.40 Å². The van der Waals surface area contributed by atoms with E-state index in [1.54, 1.807) is 19.1 Å². The molecule has 0 fully saturated rings. The van der Waals surface area contributed by atoms with Crippen LogP contribution in [0, 0.1) is 12.7 Å². The molecular formula is C27H22F4N2O. The van der Waals surface area contributed by atoms with Crippen molar-refractivity contribution in [2.24, 2.45) is 5.16 Å². The summed E-state index contributed by atoms with van der Waals surface area (Å²) in [4.78, 5) is 5.44. The summed E-state index contributed by atoms with van der Waals surface area (Å²) in [5, 5.41) is 4.20. The van der Waals surface area contributed by atoms with Gasteiger partial charge in [-0.25, -0.2) is 4.39 Å². The van der Waals surface area contributed by atoms with Gasteiger partial charge >= 0.3 is 6.18 Å². The van der Waals surface area contributed by atoms with E-state index < -0.39 is 11.7 Å². The van der Waals surface area contributed by atoms with E-state index in [1.807, 2.05) is 43.3 Å². The summed E-state index contributed by atoms with van der Waals surface area (Å²) in [6.45, 7) is 3.81. The first-order chi connectivity index (χ1) is 16.2. The van der Waals surface area contributed by atoms with Crippen molar-refractivity contribution >= 4 is 5.71 Å². The Labute approximate surface area is 194 Å². The first kappa shape index (κ1) is 23.3. The second-order valence-electron chi connectivity index (χ2n) is 7.85. The number of nitrogens with zero attached hydrogens (tertiary/aromatic N) is 2. The van der Waals surface area contributed by atoms with Gasteiger partial charge in [-0.2, -0.15) is 13.2 Å². The minimum atomic E-state index is -4.38. The van der Waals surface area contributed by atoms with Crippen LogP contribution in [0.3, 0.4) is 0 Å². The van der Waals surface area contributed by atoms with Crippen LogP contribution in [0.25, 0.3) is 16.9 Å². The molecule has 0 unspecified atom stereocenters. The molecule has 7 heteroatoms. The standard InChI is InChI=1S/C27H22F4N2O/c1-18(32-34-17-20-8-12-22(13-9-20)27(29,30)31)25-16-26(21-10-14-23(28)15-11-21)33(19(25)2)24-6-4-3-5-7-24/h3-16H,17H2,1-2H3/b32-18+. The Morgan fingerprint density at radius 1 is 0.912 bits per heavy atom. The Bertz CT molecular complexity index is 1290. The lowest BCUT2D eigenvalue weighted by molar-refractivity contribution is -0.137. The number of benzene rings is 3. The number of para-hydroxylation sites is 1. The minimum Gasteiger partial charge on any atom is -0.391 e. The highest BCUT2D eigenvalue weighted by molar-refractivity contribution is 6.01. The maximum Gasteiger partial charge on any atom is 0.416 e. The van der Waals surface area contributed by atoms with Gasteiger partial charge in [0.05, 0.1) is 17.0 Å². The van der Waals surface area contributed by atoms with Crippen LogP contribution in [0.1, 0.15) is 29.3 Å². The van der Waals surface area contributed by atoms with E-state index in [9.17, 15) is 17.6 Å². The highest BCUT2D eigenvalue weighted by atomic mass is 19.4. The van der Waals surface area contributed by atoms with Crippen LogP contribution >= 0.6 is 0 Å². The largest absolute Gasteiger partial charge is 0.416 e. The third kappa shape index (κ3) is 5.03. The summed E-state index contributed by atoms with van der Waals surface area (Å²) < 4.78 is 53.8. The lowest BCUT2D eigenvalue weighted by Gasteiger charge is -2.12. The molecule has 0 spiro atoms. The number of rotatable bonds is 6. The van der Waals surface area contributed by atoms with Gasteiger partial charge in [0.1, 0.15) is 12.4 Å². The summed E-state index contributed by atoms with van der Waals surface area (Å²) in [6.07, 6.45) is -4.38. The molecule has 1 aromatic heterocycles. The van der Waals surface area contributed by atoms with E-state index in [0.717, 1.165) is 40.3 Å². The van der Waals surface area contributed by atoms with Gasteiger partial charge in [-0.05, 0) is 79.6 Å². The van der Waals surface area contributed by atoms with E-state index in [1.165, 1.54) is 24.3 Å². The topological polar surface area (TPSA) is 26.5 Å². The van der Waals surface area contributed by atoms with E-state index >= 15 is 0 Å². The average molecular weight is 466 g/mol. The van der Waals surface area contributed by atoms with Crippen LogP contribution in [-0.2, 0) is 17.6 Å². The third-order valence-corrected chi connectivity index (χ3v) is 5.51. The molecule has 0 atom stereocenters. The zero-order valence-corrected chi connectivity index (χ0v) is 18.6. The fourth-order valence-electron chi connectivity index (χ4n) is 3.76. The lowest BCUT2D eigenvalue weighted by atomic mass is 10.1. The highest BCUT2D eigenvalue weighted by Gasteiger charge is 2.29. The Morgan fingerprint density at radius 2 is 1.56 bits per heavy atom. The van der Waals surface area contributed by atoms with Gasteiger partial charge in [0.25, 0.3) is 0 Å². The van der Waals surface area contributed by atoms with Crippen LogP contribution in [0.15, 0.2) is 90.1 Å². The van der Waals surface area contributed by atoms with E-state index in [0.29, 0.717) is 11.3 Å². The van der Waals surface area contributed by atoms with Crippen molar-refractivity contribution < 1.29 is 22.4 Å². The maximum atomic E-state index is 13.5. The van der Waals surface area contributed by atoms with Gasteiger partial charge in [-0.3, -0.25) is 0 Å². The van der Waals surface area contributed by atoms with Crippen molar-refractivity contribution in [2.45, 2.75) is 26.6 Å². The molecule has 34 heavy (non-hydrogen) atoms. The molecule has 0 amide bonds. The smallest absolute Gasteiger partial charge is 0.391 e. The number of alkyl halides is 3. The van der Waals surface area contributed by atoms with E-state index in [4.69, 9.17) is 4.84 Å². The lowest BCUT2D eigenvalue weighted by Crippen LogP contribution is -2.04. The Morgan fingerprint density at radius 3 is 2.18 bits per heavy atom. The normalized spacial score (nSPS) is 12.1. The molecule has 0 saturated carbocycles. The van der Waals surface area contributed by atoms with Crippen molar-refractivity contribution in [3.63, 3.8) is 0 Å². The summed E-state index contributed by atoms with van der Waals surface area (Å²) in [7, 11) is 0. The van der Waals surface area contributed by atoms with Gasteiger partial charge in [0, 0.05) is 16.9 Å². The molecule has 0 aliphatic rings. The molecule has 0 radical (unpaired) electrons. The van der Waals surface area contributed by atoms with Crippen molar-refractivity contribution in [1.29, 1.82) is 0 Å². The number of halogens is 4. The molecule has 4 aromatic rings. The summed E-state index contributed by atoms with van der Waals surface area (Å²) in [5.41, 5.74) is 4.92. The number of oxime groups is 1. The quantitative estimate of drug-likeness (QED) is 0.164. The van der Waals surface area contributed by atoms with Crippen LogP contribution in [0.5, 0.6) is 0 Å². The molecule has 0 saturated heterocycles. The van der Waals surface area contributed by atoms with Crippen molar-refractivity contribution in [2.75, 3.05) is 0 Å². The van der Waals surface area contributed by atoms with Gasteiger partial charge in [-0.1, -0.05) is 35.5 Å². The van der Waals surface area contributed by atoms with Crippen molar-refractivity contribution in [1.82, 2.24) is 4.57 Å². The molecular weight excluding hydrogens is 444 g/mol. The summed E-state index contributed by atoms with van der Waals surface area (Å²) in [6, 6.07) is 22.8. The van der Waals surface area contributed by atoms with Crippen molar-refractivity contribution in [3.05, 3.63) is 113 Å². The first-order valence-electron chi connectivity index (χ1n) is 10.6. The molecule has 174 valence electrons. The van der Waals surface area contributed by atoms with Gasteiger partial charge in [0.15, 0.2) is 0 Å². The molecule has 0 aliphatic carbocycles. The van der Waals surface area contributed by atoms with Crippen LogP contribution < -0.4 is 0 Å².